The molecule has 1 heterocycles. The molecule has 0 aromatic heterocycles. The minimum atomic E-state index is -0.932. The maximum absolute atomic E-state index is 12.6. The lowest BCUT2D eigenvalue weighted by Gasteiger charge is -2.32. The molecule has 0 saturated carbocycles. The highest BCUT2D eigenvalue weighted by Crippen LogP contribution is 2.23. The molecular weight excluding hydrogens is 294 g/mol. The van der Waals surface area contributed by atoms with E-state index in [1.165, 1.54) is 0 Å². The highest BCUT2D eigenvalue weighted by molar-refractivity contribution is 6.34. The molecule has 1 saturated heterocycles. The second-order valence-corrected chi connectivity index (χ2v) is 5.67. The molecule has 0 bridgehead atoms. The van der Waals surface area contributed by atoms with Gasteiger partial charge in [-0.2, -0.15) is 0 Å². The van der Waals surface area contributed by atoms with Crippen molar-refractivity contribution in [2.75, 3.05) is 19.7 Å². The van der Waals surface area contributed by atoms with Gasteiger partial charge in [-0.15, -0.1) is 0 Å². The van der Waals surface area contributed by atoms with Crippen LogP contribution in [0.3, 0.4) is 0 Å². The Morgan fingerprint density at radius 1 is 1.38 bits per heavy atom. The van der Waals surface area contributed by atoms with Crippen molar-refractivity contribution in [2.24, 2.45) is 0 Å². The van der Waals surface area contributed by atoms with Gasteiger partial charge in [0.25, 0.3) is 5.91 Å². The Morgan fingerprint density at radius 2 is 2.05 bits per heavy atom. The first-order valence-corrected chi connectivity index (χ1v) is 7.15. The van der Waals surface area contributed by atoms with Crippen LogP contribution in [0.4, 0.5) is 0 Å². The molecule has 1 N–H and O–H groups in total. The van der Waals surface area contributed by atoms with Gasteiger partial charge in [0, 0.05) is 13.1 Å². The van der Waals surface area contributed by atoms with Crippen molar-refractivity contribution in [1.82, 2.24) is 4.90 Å². The summed E-state index contributed by atoms with van der Waals surface area (Å²) in [6.45, 7) is 4.92. The number of ether oxygens (including phenoxy) is 1. The number of rotatable bonds is 3. The summed E-state index contributed by atoms with van der Waals surface area (Å²) in [5.74, 6) is -1.11. The number of amides is 1. The van der Waals surface area contributed by atoms with Gasteiger partial charge in [0.1, 0.15) is 0 Å². The summed E-state index contributed by atoms with van der Waals surface area (Å²) < 4.78 is 5.37. The van der Waals surface area contributed by atoms with E-state index in [4.69, 9.17) is 21.4 Å². The first kappa shape index (κ1) is 15.8. The van der Waals surface area contributed by atoms with E-state index in [2.05, 4.69) is 0 Å². The second kappa shape index (κ2) is 6.45. The fourth-order valence-corrected chi connectivity index (χ4v) is 2.64. The lowest BCUT2D eigenvalue weighted by molar-refractivity contribution is -0.141. The molecule has 6 heteroatoms. The molecular formula is C15H18ClNO4. The molecule has 1 aliphatic heterocycles. The third-order valence-electron chi connectivity index (χ3n) is 3.64. The van der Waals surface area contributed by atoms with E-state index in [0.29, 0.717) is 23.7 Å². The summed E-state index contributed by atoms with van der Waals surface area (Å²) in [5, 5.41) is 9.23. The quantitative estimate of drug-likeness (QED) is 0.930. The van der Waals surface area contributed by atoms with E-state index in [0.717, 1.165) is 11.1 Å². The number of halogens is 1. The second-order valence-electron chi connectivity index (χ2n) is 5.26. The Morgan fingerprint density at radius 3 is 2.71 bits per heavy atom. The van der Waals surface area contributed by atoms with E-state index < -0.39 is 12.1 Å². The van der Waals surface area contributed by atoms with Crippen LogP contribution >= 0.6 is 11.6 Å². The minimum absolute atomic E-state index is 0.107. The number of carboxylic acids is 1. The van der Waals surface area contributed by atoms with Crippen molar-refractivity contribution in [3.63, 3.8) is 0 Å². The Bertz CT molecular complexity index is 573. The number of aliphatic carboxylic acids is 1. The standard InChI is InChI=1S/C15H18ClNO4/c1-9-5-12(13(16)6-10(9)2)15(20)17-3-4-21-11(8-17)7-14(18)19/h5-6,11H,3-4,7-8H2,1-2H3,(H,18,19). The van der Waals surface area contributed by atoms with E-state index in [9.17, 15) is 9.59 Å². The topological polar surface area (TPSA) is 66.8 Å². The molecule has 2 rings (SSSR count). The van der Waals surface area contributed by atoms with Crippen molar-refractivity contribution in [2.45, 2.75) is 26.4 Å². The molecule has 0 spiro atoms. The Hall–Kier alpha value is -1.59. The molecule has 1 aliphatic rings. The summed E-state index contributed by atoms with van der Waals surface area (Å²) in [6, 6.07) is 3.56. The maximum Gasteiger partial charge on any atom is 0.306 e. The molecule has 1 aromatic carbocycles. The molecule has 0 radical (unpaired) electrons. The Labute approximate surface area is 128 Å². The van der Waals surface area contributed by atoms with Gasteiger partial charge in [0.15, 0.2) is 0 Å². The molecule has 0 aliphatic carbocycles. The van der Waals surface area contributed by atoms with Crippen LogP contribution < -0.4 is 0 Å². The van der Waals surface area contributed by atoms with Gasteiger partial charge in [-0.3, -0.25) is 9.59 Å². The van der Waals surface area contributed by atoms with E-state index in [1.54, 1.807) is 17.0 Å². The number of carbonyl (C=O) groups is 2. The molecule has 1 fully saturated rings. The predicted molar refractivity (Wildman–Crippen MR) is 78.8 cm³/mol. The number of hydrogen-bond acceptors (Lipinski definition) is 3. The van der Waals surface area contributed by atoms with Crippen molar-refractivity contribution < 1.29 is 19.4 Å². The first-order chi connectivity index (χ1) is 9.88. The van der Waals surface area contributed by atoms with Crippen LogP contribution in [-0.4, -0.2) is 47.7 Å². The van der Waals surface area contributed by atoms with Crippen LogP contribution in [0.15, 0.2) is 12.1 Å². The number of hydrogen-bond donors (Lipinski definition) is 1. The molecule has 1 aromatic rings. The third kappa shape index (κ3) is 3.74. The zero-order valence-corrected chi connectivity index (χ0v) is 12.8. The van der Waals surface area contributed by atoms with Crippen LogP contribution in [0, 0.1) is 13.8 Å². The summed E-state index contributed by atoms with van der Waals surface area (Å²) >= 11 is 6.16. The van der Waals surface area contributed by atoms with Gasteiger partial charge in [-0.1, -0.05) is 11.6 Å². The molecule has 5 nitrogen and oxygen atoms in total. The summed E-state index contributed by atoms with van der Waals surface area (Å²) in [7, 11) is 0. The van der Waals surface area contributed by atoms with Gasteiger partial charge in [0.05, 0.1) is 29.7 Å². The predicted octanol–water partition coefficient (Wildman–Crippen LogP) is 2.27. The van der Waals surface area contributed by atoms with Gasteiger partial charge >= 0.3 is 5.97 Å². The van der Waals surface area contributed by atoms with E-state index >= 15 is 0 Å². The van der Waals surface area contributed by atoms with Gasteiger partial charge in [-0.05, 0) is 37.1 Å². The lowest BCUT2D eigenvalue weighted by atomic mass is 10.0. The van der Waals surface area contributed by atoms with E-state index in [-0.39, 0.29) is 18.9 Å². The van der Waals surface area contributed by atoms with Crippen molar-refractivity contribution in [1.29, 1.82) is 0 Å². The summed E-state index contributed by atoms with van der Waals surface area (Å²) in [5.41, 5.74) is 2.48. The minimum Gasteiger partial charge on any atom is -0.481 e. The fourth-order valence-electron chi connectivity index (χ4n) is 2.34. The number of aryl methyl sites for hydroxylation is 2. The molecule has 1 amide bonds. The van der Waals surface area contributed by atoms with Crippen molar-refractivity contribution in [3.05, 3.63) is 33.8 Å². The van der Waals surface area contributed by atoms with Gasteiger partial charge in [0.2, 0.25) is 0 Å². The average molecular weight is 312 g/mol. The molecule has 1 atom stereocenters. The highest BCUT2D eigenvalue weighted by atomic mass is 35.5. The van der Waals surface area contributed by atoms with Crippen LogP contribution in [-0.2, 0) is 9.53 Å². The van der Waals surface area contributed by atoms with Crippen LogP contribution in [0.25, 0.3) is 0 Å². The smallest absolute Gasteiger partial charge is 0.306 e. The number of morpholine rings is 1. The normalized spacial score (nSPS) is 18.6. The lowest BCUT2D eigenvalue weighted by Crippen LogP contribution is -2.46. The van der Waals surface area contributed by atoms with Gasteiger partial charge in [-0.25, -0.2) is 0 Å². The van der Waals surface area contributed by atoms with Gasteiger partial charge < -0.3 is 14.7 Å². The van der Waals surface area contributed by atoms with Crippen molar-refractivity contribution in [3.8, 4) is 0 Å². The molecule has 114 valence electrons. The third-order valence-corrected chi connectivity index (χ3v) is 3.95. The highest BCUT2D eigenvalue weighted by Gasteiger charge is 2.27. The fraction of sp³-hybridized carbons (Fsp3) is 0.467. The Balaban J connectivity index is 2.16. The number of nitrogens with zero attached hydrogens (tertiary/aromatic N) is 1. The monoisotopic (exact) mass is 311 g/mol. The zero-order valence-electron chi connectivity index (χ0n) is 12.1. The molecule has 21 heavy (non-hydrogen) atoms. The zero-order chi connectivity index (χ0) is 15.6. The summed E-state index contributed by atoms with van der Waals surface area (Å²) in [6.07, 6.45) is -0.574. The number of benzene rings is 1. The maximum atomic E-state index is 12.6. The number of carboxylic acid groups (broad SMARTS) is 1. The molecule has 1 unspecified atom stereocenters. The summed E-state index contributed by atoms with van der Waals surface area (Å²) in [4.78, 5) is 24.9. The largest absolute Gasteiger partial charge is 0.481 e. The van der Waals surface area contributed by atoms with Crippen LogP contribution in [0.1, 0.15) is 27.9 Å². The Kier molecular flexibility index (Phi) is 4.85. The van der Waals surface area contributed by atoms with Crippen molar-refractivity contribution >= 4 is 23.5 Å². The average Bonchev–Trinajstić information content (AvgIpc) is 2.41. The van der Waals surface area contributed by atoms with Crippen LogP contribution in [0.2, 0.25) is 5.02 Å². The SMILES string of the molecule is Cc1cc(Cl)c(C(=O)N2CCOC(CC(=O)O)C2)cc1C. The van der Waals surface area contributed by atoms with Crippen LogP contribution in [0.5, 0.6) is 0 Å². The first-order valence-electron chi connectivity index (χ1n) is 6.78. The number of carbonyl (C=O) groups excluding carboxylic acids is 1. The van der Waals surface area contributed by atoms with E-state index in [1.807, 2.05) is 13.8 Å².